The molecule has 0 heterocycles. The minimum Gasteiger partial charge on any atom is -0.497 e. The third kappa shape index (κ3) is 5.05. The van der Waals surface area contributed by atoms with E-state index in [4.69, 9.17) is 45.6 Å². The van der Waals surface area contributed by atoms with Crippen molar-refractivity contribution in [2.45, 2.75) is 0 Å². The number of nitrogens with zero attached hydrogens (tertiary/aromatic N) is 3. The molecular formula is C12H7Cl3N4O7. The molecular weight excluding hydrogens is 419 g/mol. The Morgan fingerprint density at radius 3 is 1.50 bits per heavy atom. The Kier molecular flexibility index (Phi) is 6.89. The topological polar surface area (TPSA) is 176 Å². The zero-order chi connectivity index (χ0) is 20.2. The summed E-state index contributed by atoms with van der Waals surface area (Å²) in [5.41, 5.74) is 2.79. The first-order valence-electron chi connectivity index (χ1n) is 6.15. The SMILES string of the molecule is Nc1c(Cl)cc(Cl)cc1Cl.O=[N+]([O-])c1cc([N+](=O)[O-])c(O)c([N+](=O)[O-])c1. The first-order chi connectivity index (χ1) is 12.0. The van der Waals surface area contributed by atoms with Crippen molar-refractivity contribution in [1.82, 2.24) is 0 Å². The molecule has 14 heteroatoms. The van der Waals surface area contributed by atoms with Crippen LogP contribution in [0.2, 0.25) is 15.1 Å². The van der Waals surface area contributed by atoms with Crippen molar-refractivity contribution in [3.05, 3.63) is 69.7 Å². The Labute approximate surface area is 158 Å². The van der Waals surface area contributed by atoms with E-state index in [1.807, 2.05) is 0 Å². The summed E-state index contributed by atoms with van der Waals surface area (Å²) >= 11 is 16.8. The first-order valence-corrected chi connectivity index (χ1v) is 7.29. The third-order valence-corrected chi connectivity index (χ3v) is 3.55. The number of hydrogen-bond donors (Lipinski definition) is 2. The predicted molar refractivity (Wildman–Crippen MR) is 94.0 cm³/mol. The molecule has 0 aliphatic rings. The fraction of sp³-hybridized carbons (Fsp3) is 0. The van der Waals surface area contributed by atoms with Crippen molar-refractivity contribution >= 4 is 57.6 Å². The normalized spacial score (nSPS) is 9.81. The molecule has 3 N–H and O–H groups in total. The van der Waals surface area contributed by atoms with Crippen molar-refractivity contribution in [3.63, 3.8) is 0 Å². The number of nitrogen functional groups attached to an aromatic ring is 1. The monoisotopic (exact) mass is 424 g/mol. The maximum absolute atomic E-state index is 10.4. The van der Waals surface area contributed by atoms with Gasteiger partial charge in [0.1, 0.15) is 0 Å². The van der Waals surface area contributed by atoms with Crippen LogP contribution in [0.25, 0.3) is 0 Å². The number of phenolic OH excluding ortho intramolecular Hbond substituents is 1. The van der Waals surface area contributed by atoms with E-state index >= 15 is 0 Å². The van der Waals surface area contributed by atoms with Gasteiger partial charge in [-0.3, -0.25) is 30.3 Å². The van der Waals surface area contributed by atoms with E-state index in [2.05, 4.69) is 0 Å². The molecule has 2 aromatic carbocycles. The molecule has 0 aliphatic carbocycles. The molecule has 0 unspecified atom stereocenters. The Bertz CT molecular complexity index is 848. The number of hydrogen-bond acceptors (Lipinski definition) is 8. The summed E-state index contributed by atoms with van der Waals surface area (Å²) in [6.07, 6.45) is 0. The lowest BCUT2D eigenvalue weighted by Crippen LogP contribution is -1.97. The number of anilines is 1. The van der Waals surface area contributed by atoms with Crippen LogP contribution >= 0.6 is 34.8 Å². The highest BCUT2D eigenvalue weighted by Crippen LogP contribution is 2.39. The standard InChI is InChI=1S/C6H4Cl3N.C6H3N3O7/c7-3-1-4(8)6(10)5(9)2-3;10-6-4(8(13)14)1-3(7(11)12)2-5(6)9(15)16/h1-2H,10H2;1-2,10H. The van der Waals surface area contributed by atoms with E-state index in [9.17, 15) is 30.3 Å². The molecule has 0 amide bonds. The number of non-ortho nitro benzene ring substituents is 1. The molecule has 0 saturated heterocycles. The average molecular weight is 426 g/mol. The maximum Gasteiger partial charge on any atom is 0.324 e. The minimum absolute atomic E-state index is 0.368. The molecule has 0 atom stereocenters. The van der Waals surface area contributed by atoms with Crippen LogP contribution in [0.15, 0.2) is 24.3 Å². The van der Waals surface area contributed by atoms with Gasteiger partial charge in [0.2, 0.25) is 0 Å². The van der Waals surface area contributed by atoms with Gasteiger partial charge in [0.15, 0.2) is 0 Å². The molecule has 0 fully saturated rings. The summed E-state index contributed by atoms with van der Waals surface area (Å²) < 4.78 is 0. The van der Waals surface area contributed by atoms with Gasteiger partial charge in [-0.15, -0.1) is 0 Å². The van der Waals surface area contributed by atoms with E-state index < -0.39 is 37.6 Å². The number of nitrogens with two attached hydrogens (primary N) is 1. The van der Waals surface area contributed by atoms with Crippen molar-refractivity contribution in [1.29, 1.82) is 0 Å². The molecule has 0 spiro atoms. The van der Waals surface area contributed by atoms with Gasteiger partial charge in [-0.2, -0.15) is 0 Å². The van der Waals surface area contributed by atoms with Gasteiger partial charge in [-0.1, -0.05) is 34.8 Å². The van der Waals surface area contributed by atoms with Crippen LogP contribution in [0.1, 0.15) is 0 Å². The lowest BCUT2D eigenvalue weighted by molar-refractivity contribution is -0.404. The van der Waals surface area contributed by atoms with E-state index in [1.54, 1.807) is 12.1 Å². The Morgan fingerprint density at radius 1 is 0.808 bits per heavy atom. The lowest BCUT2D eigenvalue weighted by atomic mass is 10.2. The fourth-order valence-electron chi connectivity index (χ4n) is 1.53. The number of nitro groups is 3. The summed E-state index contributed by atoms with van der Waals surface area (Å²) in [7, 11) is 0. The Morgan fingerprint density at radius 2 is 1.19 bits per heavy atom. The van der Waals surface area contributed by atoms with Gasteiger partial charge in [0.05, 0.1) is 42.6 Å². The molecule has 11 nitrogen and oxygen atoms in total. The van der Waals surface area contributed by atoms with Crippen molar-refractivity contribution in [2.24, 2.45) is 0 Å². The number of nitro benzene ring substituents is 3. The molecule has 26 heavy (non-hydrogen) atoms. The minimum atomic E-state index is -1.21. The number of phenols is 1. The predicted octanol–water partition coefficient (Wildman–Crippen LogP) is 4.35. The van der Waals surface area contributed by atoms with Crippen LogP contribution in [0, 0.1) is 30.3 Å². The van der Waals surface area contributed by atoms with Crippen LogP contribution < -0.4 is 5.73 Å². The zero-order valence-corrected chi connectivity index (χ0v) is 14.5. The molecule has 0 radical (unpaired) electrons. The second kappa shape index (κ2) is 8.47. The van der Waals surface area contributed by atoms with Gasteiger partial charge in [-0.05, 0) is 12.1 Å². The van der Waals surface area contributed by atoms with E-state index in [-0.39, 0.29) is 0 Å². The number of aromatic hydroxyl groups is 1. The fourth-order valence-corrected chi connectivity index (χ4v) is 2.34. The van der Waals surface area contributed by atoms with E-state index in [0.29, 0.717) is 32.9 Å². The smallest absolute Gasteiger partial charge is 0.324 e. The van der Waals surface area contributed by atoms with Gasteiger partial charge in [0, 0.05) is 5.02 Å². The molecule has 0 saturated carbocycles. The van der Waals surface area contributed by atoms with Crippen LogP contribution in [0.5, 0.6) is 5.75 Å². The van der Waals surface area contributed by atoms with Crippen molar-refractivity contribution in [3.8, 4) is 5.75 Å². The summed E-state index contributed by atoms with van der Waals surface area (Å²) in [5, 5.41) is 41.5. The molecule has 0 aromatic heterocycles. The second-order valence-corrected chi connectivity index (χ2v) is 5.64. The van der Waals surface area contributed by atoms with Crippen LogP contribution in [0.3, 0.4) is 0 Å². The lowest BCUT2D eigenvalue weighted by Gasteiger charge is -1.99. The maximum atomic E-state index is 10.4. The van der Waals surface area contributed by atoms with Crippen molar-refractivity contribution in [2.75, 3.05) is 5.73 Å². The van der Waals surface area contributed by atoms with Crippen molar-refractivity contribution < 1.29 is 19.9 Å². The zero-order valence-electron chi connectivity index (χ0n) is 12.3. The quantitative estimate of drug-likeness (QED) is 0.414. The number of benzene rings is 2. The van der Waals surface area contributed by atoms with Gasteiger partial charge >= 0.3 is 11.4 Å². The van der Waals surface area contributed by atoms with Crippen LogP contribution in [-0.4, -0.2) is 19.9 Å². The highest BCUT2D eigenvalue weighted by atomic mass is 35.5. The van der Waals surface area contributed by atoms with E-state index in [1.165, 1.54) is 0 Å². The largest absolute Gasteiger partial charge is 0.497 e. The number of rotatable bonds is 3. The molecule has 2 rings (SSSR count). The first kappa shape index (κ1) is 21.2. The van der Waals surface area contributed by atoms with Crippen LogP contribution in [0.4, 0.5) is 22.7 Å². The average Bonchev–Trinajstić information content (AvgIpc) is 2.52. The highest BCUT2D eigenvalue weighted by molar-refractivity contribution is 6.41. The Balaban J connectivity index is 0.000000289. The third-order valence-electron chi connectivity index (χ3n) is 2.70. The van der Waals surface area contributed by atoms with E-state index in [0.717, 1.165) is 0 Å². The summed E-state index contributed by atoms with van der Waals surface area (Å²) in [6.45, 7) is 0. The summed E-state index contributed by atoms with van der Waals surface area (Å²) in [5.74, 6) is -1.21. The molecule has 138 valence electrons. The highest BCUT2D eigenvalue weighted by Gasteiger charge is 2.30. The Hall–Kier alpha value is -2.89. The van der Waals surface area contributed by atoms with Gasteiger partial charge in [-0.25, -0.2) is 0 Å². The van der Waals surface area contributed by atoms with Crippen LogP contribution in [-0.2, 0) is 0 Å². The summed E-state index contributed by atoms with van der Waals surface area (Å²) in [6, 6.07) is 3.99. The van der Waals surface area contributed by atoms with Gasteiger partial charge in [0.25, 0.3) is 11.4 Å². The molecule has 0 bridgehead atoms. The molecule has 2 aromatic rings. The molecule has 0 aliphatic heterocycles. The number of halogens is 3. The van der Waals surface area contributed by atoms with Gasteiger partial charge < -0.3 is 10.8 Å². The summed E-state index contributed by atoms with van der Waals surface area (Å²) in [4.78, 5) is 27.8. The second-order valence-electron chi connectivity index (χ2n) is 4.39.